The summed E-state index contributed by atoms with van der Waals surface area (Å²) in [5.74, 6) is -2.22. The molecule has 1 aromatic rings. The van der Waals surface area contributed by atoms with E-state index in [-0.39, 0.29) is 17.5 Å². The predicted octanol–water partition coefficient (Wildman–Crippen LogP) is 2.60. The molecule has 3 rings (SSSR count). The van der Waals surface area contributed by atoms with E-state index in [2.05, 4.69) is 5.32 Å². The van der Waals surface area contributed by atoms with E-state index in [1.807, 2.05) is 12.2 Å². The lowest BCUT2D eigenvalue weighted by Gasteiger charge is -2.14. The molecule has 1 aliphatic heterocycles. The third-order valence-electron chi connectivity index (χ3n) is 4.40. The summed E-state index contributed by atoms with van der Waals surface area (Å²) in [4.78, 5) is 37.5. The molecule has 1 saturated heterocycles. The van der Waals surface area contributed by atoms with Crippen LogP contribution in [-0.4, -0.2) is 29.2 Å². The Labute approximate surface area is 141 Å². The normalized spacial score (nSPS) is 22.9. The first-order valence-electron chi connectivity index (χ1n) is 7.74. The SMILES string of the molecule is O=C(CN1C(=O)C2CC=CCC2C1=O)Nc1ccc(C(F)(F)F)cc1. The maximum absolute atomic E-state index is 12.5. The molecule has 2 unspecified atom stereocenters. The number of anilines is 1. The van der Waals surface area contributed by atoms with E-state index in [0.29, 0.717) is 12.8 Å². The van der Waals surface area contributed by atoms with E-state index < -0.39 is 36.0 Å². The summed E-state index contributed by atoms with van der Waals surface area (Å²) in [6, 6.07) is 3.94. The summed E-state index contributed by atoms with van der Waals surface area (Å²) in [6.07, 6.45) is 0.191. The number of amides is 3. The molecule has 1 aromatic carbocycles. The number of rotatable bonds is 3. The van der Waals surface area contributed by atoms with Gasteiger partial charge in [-0.05, 0) is 37.1 Å². The lowest BCUT2D eigenvalue weighted by atomic mass is 9.85. The zero-order valence-corrected chi connectivity index (χ0v) is 13.0. The Morgan fingerprint density at radius 3 is 2.04 bits per heavy atom. The maximum atomic E-state index is 12.5. The lowest BCUT2D eigenvalue weighted by molar-refractivity contribution is -0.142. The fourth-order valence-electron chi connectivity index (χ4n) is 3.11. The van der Waals surface area contributed by atoms with Gasteiger partial charge in [0.15, 0.2) is 0 Å². The Bertz CT molecular complexity index is 715. The molecule has 25 heavy (non-hydrogen) atoms. The number of nitrogens with zero attached hydrogens (tertiary/aromatic N) is 1. The molecular weight excluding hydrogens is 337 g/mol. The van der Waals surface area contributed by atoms with Crippen LogP contribution in [-0.2, 0) is 20.6 Å². The van der Waals surface area contributed by atoms with Crippen molar-refractivity contribution >= 4 is 23.4 Å². The molecule has 3 amide bonds. The summed E-state index contributed by atoms with van der Waals surface area (Å²) in [5, 5.41) is 2.40. The van der Waals surface area contributed by atoms with Gasteiger partial charge in [0.2, 0.25) is 17.7 Å². The molecule has 2 aliphatic rings. The highest BCUT2D eigenvalue weighted by molar-refractivity contribution is 6.08. The van der Waals surface area contributed by atoms with Crippen molar-refractivity contribution in [3.8, 4) is 0 Å². The molecule has 0 bridgehead atoms. The zero-order chi connectivity index (χ0) is 18.2. The molecule has 0 radical (unpaired) electrons. The van der Waals surface area contributed by atoms with E-state index in [0.717, 1.165) is 29.2 Å². The van der Waals surface area contributed by atoms with Crippen LogP contribution in [0, 0.1) is 11.8 Å². The topological polar surface area (TPSA) is 66.5 Å². The van der Waals surface area contributed by atoms with Crippen LogP contribution in [0.15, 0.2) is 36.4 Å². The number of hydrogen-bond donors (Lipinski definition) is 1. The molecule has 1 fully saturated rings. The minimum atomic E-state index is -4.46. The second-order valence-electron chi connectivity index (χ2n) is 6.04. The summed E-state index contributed by atoms with van der Waals surface area (Å²) in [7, 11) is 0. The average molecular weight is 352 g/mol. The van der Waals surface area contributed by atoms with Crippen molar-refractivity contribution < 1.29 is 27.6 Å². The lowest BCUT2D eigenvalue weighted by Crippen LogP contribution is -2.38. The average Bonchev–Trinajstić information content (AvgIpc) is 2.80. The number of imide groups is 1. The summed E-state index contributed by atoms with van der Waals surface area (Å²) in [5.41, 5.74) is -0.664. The van der Waals surface area contributed by atoms with Crippen molar-refractivity contribution in [1.82, 2.24) is 4.90 Å². The smallest absolute Gasteiger partial charge is 0.325 e. The number of nitrogens with one attached hydrogen (secondary N) is 1. The van der Waals surface area contributed by atoms with Crippen LogP contribution in [0.4, 0.5) is 18.9 Å². The number of fused-ring (bicyclic) bond motifs is 1. The Morgan fingerprint density at radius 1 is 1.04 bits per heavy atom. The molecule has 0 saturated carbocycles. The maximum Gasteiger partial charge on any atom is 0.416 e. The van der Waals surface area contributed by atoms with Crippen LogP contribution in [0.3, 0.4) is 0 Å². The van der Waals surface area contributed by atoms with Gasteiger partial charge in [-0.3, -0.25) is 19.3 Å². The van der Waals surface area contributed by atoms with Gasteiger partial charge in [0, 0.05) is 5.69 Å². The van der Waals surface area contributed by atoms with Gasteiger partial charge in [0.25, 0.3) is 0 Å². The quantitative estimate of drug-likeness (QED) is 0.672. The second kappa shape index (κ2) is 6.34. The number of carbonyl (C=O) groups is 3. The van der Waals surface area contributed by atoms with Gasteiger partial charge in [-0.1, -0.05) is 12.2 Å². The Balaban J connectivity index is 1.63. The van der Waals surface area contributed by atoms with Gasteiger partial charge < -0.3 is 5.32 Å². The molecule has 0 aromatic heterocycles. The Kier molecular flexibility index (Phi) is 4.36. The molecule has 132 valence electrons. The van der Waals surface area contributed by atoms with Crippen LogP contribution >= 0.6 is 0 Å². The van der Waals surface area contributed by atoms with Crippen molar-refractivity contribution in [2.45, 2.75) is 19.0 Å². The van der Waals surface area contributed by atoms with Crippen LogP contribution < -0.4 is 5.32 Å². The fraction of sp³-hybridized carbons (Fsp3) is 0.353. The van der Waals surface area contributed by atoms with Gasteiger partial charge in [0.1, 0.15) is 6.54 Å². The standard InChI is InChI=1S/C17H15F3N2O3/c18-17(19,20)10-5-7-11(8-6-10)21-14(23)9-22-15(24)12-3-1-2-4-13(12)16(22)25/h1-2,5-8,12-13H,3-4,9H2,(H,21,23). The number of likely N-dealkylation sites (tertiary alicyclic amines) is 1. The first-order chi connectivity index (χ1) is 11.8. The van der Waals surface area contributed by atoms with Crippen molar-refractivity contribution in [3.05, 3.63) is 42.0 Å². The van der Waals surface area contributed by atoms with Gasteiger partial charge in [-0.2, -0.15) is 13.2 Å². The number of carbonyl (C=O) groups excluding carboxylic acids is 3. The van der Waals surface area contributed by atoms with Crippen molar-refractivity contribution in [1.29, 1.82) is 0 Å². The summed E-state index contributed by atoms with van der Waals surface area (Å²) in [6.45, 7) is -0.439. The van der Waals surface area contributed by atoms with Crippen molar-refractivity contribution in [3.63, 3.8) is 0 Å². The molecule has 1 aliphatic carbocycles. The van der Waals surface area contributed by atoms with Gasteiger partial charge in [-0.25, -0.2) is 0 Å². The van der Waals surface area contributed by atoms with E-state index in [1.54, 1.807) is 0 Å². The van der Waals surface area contributed by atoms with E-state index >= 15 is 0 Å². The Morgan fingerprint density at radius 2 is 1.56 bits per heavy atom. The molecule has 8 heteroatoms. The number of alkyl halides is 3. The van der Waals surface area contributed by atoms with Gasteiger partial charge in [0.05, 0.1) is 17.4 Å². The highest BCUT2D eigenvalue weighted by Gasteiger charge is 2.47. The van der Waals surface area contributed by atoms with E-state index in [9.17, 15) is 27.6 Å². The minimum absolute atomic E-state index is 0.163. The predicted molar refractivity (Wildman–Crippen MR) is 82.1 cm³/mol. The minimum Gasteiger partial charge on any atom is -0.325 e. The van der Waals surface area contributed by atoms with E-state index in [1.165, 1.54) is 0 Å². The first-order valence-corrected chi connectivity index (χ1v) is 7.74. The van der Waals surface area contributed by atoms with Crippen LogP contribution in [0.1, 0.15) is 18.4 Å². The molecule has 2 atom stereocenters. The highest BCUT2D eigenvalue weighted by atomic mass is 19.4. The molecule has 1 heterocycles. The number of benzene rings is 1. The highest BCUT2D eigenvalue weighted by Crippen LogP contribution is 2.35. The monoisotopic (exact) mass is 352 g/mol. The first kappa shape index (κ1) is 17.2. The molecule has 5 nitrogen and oxygen atoms in total. The third-order valence-corrected chi connectivity index (χ3v) is 4.40. The largest absolute Gasteiger partial charge is 0.416 e. The van der Waals surface area contributed by atoms with Crippen molar-refractivity contribution in [2.24, 2.45) is 11.8 Å². The summed E-state index contributed by atoms with van der Waals surface area (Å²) >= 11 is 0. The third kappa shape index (κ3) is 3.42. The molecular formula is C17H15F3N2O3. The van der Waals surface area contributed by atoms with Crippen LogP contribution in [0.2, 0.25) is 0 Å². The Hall–Kier alpha value is -2.64. The second-order valence-corrected chi connectivity index (χ2v) is 6.04. The number of hydrogen-bond acceptors (Lipinski definition) is 3. The van der Waals surface area contributed by atoms with Crippen LogP contribution in [0.5, 0.6) is 0 Å². The van der Waals surface area contributed by atoms with Gasteiger partial charge in [-0.15, -0.1) is 0 Å². The zero-order valence-electron chi connectivity index (χ0n) is 13.0. The van der Waals surface area contributed by atoms with E-state index in [4.69, 9.17) is 0 Å². The molecule has 0 spiro atoms. The fourth-order valence-corrected chi connectivity index (χ4v) is 3.11. The van der Waals surface area contributed by atoms with Gasteiger partial charge >= 0.3 is 6.18 Å². The molecule has 1 N–H and O–H groups in total. The number of halogens is 3. The number of allylic oxidation sites excluding steroid dienone is 2. The van der Waals surface area contributed by atoms with Crippen molar-refractivity contribution in [2.75, 3.05) is 11.9 Å². The van der Waals surface area contributed by atoms with Crippen LogP contribution in [0.25, 0.3) is 0 Å². The summed E-state index contributed by atoms with van der Waals surface area (Å²) < 4.78 is 37.5.